The second-order valence-corrected chi connectivity index (χ2v) is 9.32. The van der Waals surface area contributed by atoms with Gasteiger partial charge < -0.3 is 19.9 Å². The first kappa shape index (κ1) is 21.2. The molecule has 3 heterocycles. The Morgan fingerprint density at radius 1 is 1.03 bits per heavy atom. The number of ether oxygens (including phenoxy) is 1. The number of aromatic nitrogens is 3. The molecule has 0 radical (unpaired) electrons. The van der Waals surface area contributed by atoms with Gasteiger partial charge in [-0.1, -0.05) is 31.4 Å². The van der Waals surface area contributed by atoms with E-state index in [0.717, 1.165) is 55.2 Å². The molecular weight excluding hydrogens is 400 g/mol. The minimum Gasteiger partial charge on any atom is -0.487 e. The summed E-state index contributed by atoms with van der Waals surface area (Å²) in [6, 6.07) is 11.2. The zero-order chi connectivity index (χ0) is 21.9. The molecule has 3 aromatic rings. The van der Waals surface area contributed by atoms with Gasteiger partial charge in [-0.2, -0.15) is 4.98 Å². The summed E-state index contributed by atoms with van der Waals surface area (Å²) in [5, 5.41) is 1.03. The van der Waals surface area contributed by atoms with Crippen LogP contribution in [0.4, 0.5) is 5.95 Å². The number of fused-ring (bicyclic) bond motifs is 1. The molecule has 2 aromatic heterocycles. The summed E-state index contributed by atoms with van der Waals surface area (Å²) in [6.07, 6.45) is 8.04. The summed E-state index contributed by atoms with van der Waals surface area (Å²) in [5.41, 5.74) is 9.33. The third kappa shape index (κ3) is 4.74. The van der Waals surface area contributed by atoms with Crippen LogP contribution in [-0.2, 0) is 13.2 Å². The number of rotatable bonds is 6. The third-order valence-corrected chi connectivity index (χ3v) is 6.93. The zero-order valence-electron chi connectivity index (χ0n) is 19.0. The van der Waals surface area contributed by atoms with Crippen LogP contribution in [0.25, 0.3) is 11.0 Å². The van der Waals surface area contributed by atoms with Crippen LogP contribution < -0.4 is 10.5 Å². The van der Waals surface area contributed by atoms with E-state index >= 15 is 0 Å². The highest BCUT2D eigenvalue weighted by molar-refractivity contribution is 5.77. The van der Waals surface area contributed by atoms with E-state index in [0.29, 0.717) is 18.6 Å². The van der Waals surface area contributed by atoms with Crippen molar-refractivity contribution in [2.24, 2.45) is 0 Å². The number of likely N-dealkylation sites (N-methyl/N-ethyl adjacent to an activating group) is 1. The van der Waals surface area contributed by atoms with Crippen LogP contribution >= 0.6 is 0 Å². The van der Waals surface area contributed by atoms with E-state index in [1.54, 1.807) is 0 Å². The second-order valence-electron chi connectivity index (χ2n) is 9.32. The zero-order valence-corrected chi connectivity index (χ0v) is 19.0. The lowest BCUT2D eigenvalue weighted by Crippen LogP contribution is -2.43. The Labute approximate surface area is 190 Å². The summed E-state index contributed by atoms with van der Waals surface area (Å²) in [5.74, 6) is 1.23. The Morgan fingerprint density at radius 3 is 2.53 bits per heavy atom. The molecule has 1 aliphatic heterocycles. The van der Waals surface area contributed by atoms with Crippen LogP contribution in [0.2, 0.25) is 0 Å². The molecule has 0 amide bonds. The van der Waals surface area contributed by atoms with Crippen molar-refractivity contribution < 1.29 is 4.74 Å². The van der Waals surface area contributed by atoms with Crippen molar-refractivity contribution in [3.05, 3.63) is 47.8 Å². The first-order chi connectivity index (χ1) is 15.7. The maximum atomic E-state index is 6.22. The van der Waals surface area contributed by atoms with E-state index in [-0.39, 0.29) is 0 Å². The average molecular weight is 435 g/mol. The van der Waals surface area contributed by atoms with Crippen molar-refractivity contribution in [3.8, 4) is 5.75 Å². The molecule has 7 heteroatoms. The van der Waals surface area contributed by atoms with Crippen molar-refractivity contribution in [2.45, 2.75) is 51.3 Å². The van der Waals surface area contributed by atoms with E-state index in [2.05, 4.69) is 61.7 Å². The minimum atomic E-state index is 0.330. The summed E-state index contributed by atoms with van der Waals surface area (Å²) < 4.78 is 8.58. The van der Waals surface area contributed by atoms with Gasteiger partial charge in [-0.3, -0.25) is 4.90 Å². The Balaban J connectivity index is 1.28. The van der Waals surface area contributed by atoms with Gasteiger partial charge in [0.1, 0.15) is 18.0 Å². The SMILES string of the molecule is CN1CCN(Cc2ccc(OCc3cc4cnc(N)nc4n3C3CCCCC3)cc2)CC1. The molecule has 32 heavy (non-hydrogen) atoms. The van der Waals surface area contributed by atoms with Gasteiger partial charge in [0.2, 0.25) is 5.95 Å². The first-order valence-electron chi connectivity index (χ1n) is 11.9. The highest BCUT2D eigenvalue weighted by atomic mass is 16.5. The van der Waals surface area contributed by atoms with Crippen molar-refractivity contribution in [2.75, 3.05) is 39.0 Å². The normalized spacial score (nSPS) is 18.9. The highest BCUT2D eigenvalue weighted by Crippen LogP contribution is 2.33. The predicted molar refractivity (Wildman–Crippen MR) is 128 cm³/mol. The fraction of sp³-hybridized carbons (Fsp3) is 0.520. The standard InChI is InChI=1S/C25H34N6O/c1-29-11-13-30(14-12-29)17-19-7-9-23(10-8-19)32-18-22-15-20-16-27-25(26)28-24(20)31(22)21-5-3-2-4-6-21/h7-10,15-16,21H,2-6,11-14,17-18H2,1H3,(H2,26,27,28). The number of nitrogens with zero attached hydrogens (tertiary/aromatic N) is 5. The smallest absolute Gasteiger partial charge is 0.221 e. The maximum Gasteiger partial charge on any atom is 0.221 e. The van der Waals surface area contributed by atoms with E-state index in [1.807, 2.05) is 6.20 Å². The number of hydrogen-bond donors (Lipinski definition) is 1. The summed E-state index contributed by atoms with van der Waals surface area (Å²) in [6.45, 7) is 6.08. The average Bonchev–Trinajstić information content (AvgIpc) is 3.18. The van der Waals surface area contributed by atoms with Gasteiger partial charge in [0.15, 0.2) is 0 Å². The summed E-state index contributed by atoms with van der Waals surface area (Å²) >= 11 is 0. The molecule has 170 valence electrons. The first-order valence-corrected chi connectivity index (χ1v) is 11.9. The van der Waals surface area contributed by atoms with E-state index in [9.17, 15) is 0 Å². The molecule has 0 unspecified atom stereocenters. The number of nitrogens with two attached hydrogens (primary N) is 1. The van der Waals surface area contributed by atoms with Crippen LogP contribution in [0.1, 0.15) is 49.4 Å². The number of hydrogen-bond acceptors (Lipinski definition) is 6. The molecule has 5 rings (SSSR count). The number of benzene rings is 1. The highest BCUT2D eigenvalue weighted by Gasteiger charge is 2.22. The number of nitrogen functional groups attached to an aromatic ring is 1. The molecule has 1 aliphatic carbocycles. The summed E-state index contributed by atoms with van der Waals surface area (Å²) in [4.78, 5) is 13.7. The van der Waals surface area contributed by atoms with Gasteiger partial charge in [0.05, 0.1) is 5.69 Å². The molecule has 2 N–H and O–H groups in total. The second kappa shape index (κ2) is 9.46. The van der Waals surface area contributed by atoms with E-state index in [1.165, 1.54) is 37.7 Å². The lowest BCUT2D eigenvalue weighted by atomic mass is 9.95. The Hall–Kier alpha value is -2.64. The lowest BCUT2D eigenvalue weighted by molar-refractivity contribution is 0.148. The fourth-order valence-electron chi connectivity index (χ4n) is 5.05. The topological polar surface area (TPSA) is 72.4 Å². The number of anilines is 1. The molecule has 7 nitrogen and oxygen atoms in total. The van der Waals surface area contributed by atoms with Crippen LogP contribution in [0.3, 0.4) is 0 Å². The van der Waals surface area contributed by atoms with Crippen molar-refractivity contribution >= 4 is 17.0 Å². The molecule has 0 spiro atoms. The molecule has 1 saturated heterocycles. The van der Waals surface area contributed by atoms with Crippen molar-refractivity contribution in [1.29, 1.82) is 0 Å². The lowest BCUT2D eigenvalue weighted by Gasteiger charge is -2.32. The Bertz CT molecular complexity index is 1030. The number of piperazine rings is 1. The molecule has 2 fully saturated rings. The molecular formula is C25H34N6O. The third-order valence-electron chi connectivity index (χ3n) is 6.93. The maximum absolute atomic E-state index is 6.22. The molecule has 2 aliphatic rings. The van der Waals surface area contributed by atoms with Gasteiger partial charge >= 0.3 is 0 Å². The van der Waals surface area contributed by atoms with E-state index in [4.69, 9.17) is 10.5 Å². The van der Waals surface area contributed by atoms with Gasteiger partial charge in [0.25, 0.3) is 0 Å². The predicted octanol–water partition coefficient (Wildman–Crippen LogP) is 3.85. The van der Waals surface area contributed by atoms with Crippen molar-refractivity contribution in [1.82, 2.24) is 24.3 Å². The molecule has 0 bridgehead atoms. The van der Waals surface area contributed by atoms with Crippen molar-refractivity contribution in [3.63, 3.8) is 0 Å². The van der Waals surface area contributed by atoms with Gasteiger partial charge in [-0.15, -0.1) is 0 Å². The van der Waals surface area contributed by atoms with E-state index < -0.39 is 0 Å². The largest absolute Gasteiger partial charge is 0.487 e. The van der Waals surface area contributed by atoms with Crippen LogP contribution in [0.15, 0.2) is 36.5 Å². The molecule has 1 aromatic carbocycles. The van der Waals surface area contributed by atoms with Crippen LogP contribution in [-0.4, -0.2) is 57.6 Å². The van der Waals surface area contributed by atoms with Crippen LogP contribution in [0, 0.1) is 0 Å². The fourth-order valence-corrected chi connectivity index (χ4v) is 5.05. The van der Waals surface area contributed by atoms with Gasteiger partial charge in [0, 0.05) is 50.3 Å². The van der Waals surface area contributed by atoms with Gasteiger partial charge in [-0.25, -0.2) is 4.98 Å². The van der Waals surface area contributed by atoms with Gasteiger partial charge in [-0.05, 0) is 43.7 Å². The Kier molecular flexibility index (Phi) is 6.28. The Morgan fingerprint density at radius 2 is 1.78 bits per heavy atom. The molecule has 1 saturated carbocycles. The molecule has 0 atom stereocenters. The summed E-state index contributed by atoms with van der Waals surface area (Å²) in [7, 11) is 2.19. The quantitative estimate of drug-likeness (QED) is 0.635. The monoisotopic (exact) mass is 434 g/mol. The van der Waals surface area contributed by atoms with Crippen LogP contribution in [0.5, 0.6) is 5.75 Å². The minimum absolute atomic E-state index is 0.330.